The molecule has 0 aromatic heterocycles. The number of benzene rings is 2. The van der Waals surface area contributed by atoms with Crippen LogP contribution in [0.3, 0.4) is 0 Å². The number of rotatable bonds is 2. The predicted octanol–water partition coefficient (Wildman–Crippen LogP) is 4.29. The second kappa shape index (κ2) is 5.99. The van der Waals surface area contributed by atoms with Crippen LogP contribution < -0.4 is 3.61 Å². The van der Waals surface area contributed by atoms with Crippen molar-refractivity contribution in [3.05, 3.63) is 75.4 Å². The van der Waals surface area contributed by atoms with Gasteiger partial charge in [-0.2, -0.15) is 0 Å². The van der Waals surface area contributed by atoms with Gasteiger partial charge in [0.05, 0.1) is 0 Å². The molecular weight excluding hydrogens is 368 g/mol. The molecule has 1 aliphatic rings. The van der Waals surface area contributed by atoms with Gasteiger partial charge < -0.3 is 0 Å². The van der Waals surface area contributed by atoms with E-state index in [1.54, 1.807) is 12.8 Å². The van der Waals surface area contributed by atoms with Crippen molar-refractivity contribution < 1.29 is 0 Å². The SMILES string of the molecule is CC(C)(C)C1=CC(Cc2ccccc2)c2ccccc2[Te]1. The maximum absolute atomic E-state index is 2.58. The number of fused-ring (bicyclic) bond motifs is 1. The van der Waals surface area contributed by atoms with Crippen molar-refractivity contribution in [2.75, 3.05) is 0 Å². The van der Waals surface area contributed by atoms with Gasteiger partial charge in [0.2, 0.25) is 0 Å². The second-order valence-corrected chi connectivity index (χ2v) is 9.81. The Morgan fingerprint density at radius 2 is 1.57 bits per heavy atom. The summed E-state index contributed by atoms with van der Waals surface area (Å²) in [7, 11) is 0. The van der Waals surface area contributed by atoms with Gasteiger partial charge in [-0.05, 0) is 0 Å². The Balaban J connectivity index is 1.98. The molecule has 0 aliphatic carbocycles. The van der Waals surface area contributed by atoms with Crippen molar-refractivity contribution in [2.24, 2.45) is 5.41 Å². The van der Waals surface area contributed by atoms with E-state index in [0.29, 0.717) is 11.3 Å². The number of hydrogen-bond acceptors (Lipinski definition) is 0. The quantitative estimate of drug-likeness (QED) is 0.672. The molecule has 1 aliphatic heterocycles. The van der Waals surface area contributed by atoms with Gasteiger partial charge in [-0.3, -0.25) is 0 Å². The van der Waals surface area contributed by atoms with E-state index >= 15 is 0 Å². The predicted molar refractivity (Wildman–Crippen MR) is 92.3 cm³/mol. The van der Waals surface area contributed by atoms with E-state index in [-0.39, 0.29) is 20.9 Å². The van der Waals surface area contributed by atoms with Crippen molar-refractivity contribution >= 4 is 24.5 Å². The summed E-state index contributed by atoms with van der Waals surface area (Å²) in [5.74, 6) is 0.539. The van der Waals surface area contributed by atoms with E-state index in [1.165, 1.54) is 5.56 Å². The second-order valence-electron chi connectivity index (χ2n) is 6.72. The van der Waals surface area contributed by atoms with Crippen LogP contribution >= 0.6 is 0 Å². The zero-order valence-corrected chi connectivity index (χ0v) is 15.3. The molecule has 21 heavy (non-hydrogen) atoms. The minimum absolute atomic E-state index is 0.204. The van der Waals surface area contributed by atoms with E-state index in [4.69, 9.17) is 0 Å². The average Bonchev–Trinajstić information content (AvgIpc) is 2.47. The first-order valence-corrected chi connectivity index (χ1v) is 9.90. The Morgan fingerprint density at radius 1 is 0.905 bits per heavy atom. The van der Waals surface area contributed by atoms with Gasteiger partial charge in [0.1, 0.15) is 0 Å². The Bertz CT molecular complexity index is 647. The van der Waals surface area contributed by atoms with Gasteiger partial charge in [0.15, 0.2) is 0 Å². The molecule has 0 spiro atoms. The van der Waals surface area contributed by atoms with Gasteiger partial charge in [-0.1, -0.05) is 0 Å². The third kappa shape index (κ3) is 3.42. The van der Waals surface area contributed by atoms with E-state index in [0.717, 1.165) is 6.42 Å². The third-order valence-corrected chi connectivity index (χ3v) is 8.38. The summed E-state index contributed by atoms with van der Waals surface area (Å²) in [5.41, 5.74) is 3.31. The summed E-state index contributed by atoms with van der Waals surface area (Å²) in [4.78, 5) is 0. The first-order chi connectivity index (χ1) is 10.0. The van der Waals surface area contributed by atoms with Crippen molar-refractivity contribution in [3.63, 3.8) is 0 Å². The molecule has 0 radical (unpaired) electrons. The molecular formula is C20H22Te. The van der Waals surface area contributed by atoms with Gasteiger partial charge >= 0.3 is 138 Å². The summed E-state index contributed by atoms with van der Waals surface area (Å²) in [6, 6.07) is 20.0. The summed E-state index contributed by atoms with van der Waals surface area (Å²) in [5, 5.41) is 0. The van der Waals surface area contributed by atoms with Crippen LogP contribution in [0.2, 0.25) is 0 Å². The molecule has 0 bridgehead atoms. The average molecular weight is 390 g/mol. The van der Waals surface area contributed by atoms with Gasteiger partial charge in [-0.25, -0.2) is 0 Å². The number of hydrogen-bond donors (Lipinski definition) is 0. The summed E-state index contributed by atoms with van der Waals surface area (Å²) in [6.45, 7) is 7.07. The van der Waals surface area contributed by atoms with Crippen LogP contribution in [0.4, 0.5) is 0 Å². The molecule has 0 saturated heterocycles. The topological polar surface area (TPSA) is 0 Å². The Kier molecular flexibility index (Phi) is 4.25. The van der Waals surface area contributed by atoms with Crippen LogP contribution in [0.15, 0.2) is 64.3 Å². The van der Waals surface area contributed by atoms with Crippen LogP contribution in [0.1, 0.15) is 37.8 Å². The first-order valence-electron chi connectivity index (χ1n) is 7.57. The Labute approximate surface area is 138 Å². The fourth-order valence-electron chi connectivity index (χ4n) is 2.74. The fourth-order valence-corrected chi connectivity index (χ4v) is 6.34. The molecule has 1 atom stereocenters. The van der Waals surface area contributed by atoms with Crippen molar-refractivity contribution in [1.82, 2.24) is 0 Å². The molecule has 3 rings (SSSR count). The number of allylic oxidation sites excluding steroid dienone is 2. The molecule has 1 heterocycles. The van der Waals surface area contributed by atoms with Gasteiger partial charge in [0.25, 0.3) is 0 Å². The van der Waals surface area contributed by atoms with Crippen molar-refractivity contribution in [2.45, 2.75) is 33.1 Å². The first kappa shape index (κ1) is 14.9. The van der Waals surface area contributed by atoms with E-state index in [2.05, 4.69) is 81.4 Å². The summed E-state index contributed by atoms with van der Waals surface area (Å²) >= 11 is -0.204. The van der Waals surface area contributed by atoms with Crippen LogP contribution in [0, 0.1) is 5.41 Å². The Morgan fingerprint density at radius 3 is 2.29 bits per heavy atom. The monoisotopic (exact) mass is 392 g/mol. The van der Waals surface area contributed by atoms with E-state index in [1.807, 2.05) is 0 Å². The molecule has 0 nitrogen and oxygen atoms in total. The normalized spacial score (nSPS) is 18.0. The zero-order chi connectivity index (χ0) is 14.9. The fraction of sp³-hybridized carbons (Fsp3) is 0.300. The summed E-state index contributed by atoms with van der Waals surface area (Å²) in [6.07, 6.45) is 3.70. The van der Waals surface area contributed by atoms with Crippen LogP contribution in [0.25, 0.3) is 0 Å². The molecule has 108 valence electrons. The van der Waals surface area contributed by atoms with Crippen molar-refractivity contribution in [1.29, 1.82) is 0 Å². The molecule has 0 fully saturated rings. The third-order valence-electron chi connectivity index (χ3n) is 3.93. The molecule has 1 unspecified atom stereocenters. The van der Waals surface area contributed by atoms with E-state index in [9.17, 15) is 0 Å². The van der Waals surface area contributed by atoms with Crippen LogP contribution in [-0.4, -0.2) is 20.9 Å². The standard InChI is InChI=1S/C20H22Te/c1-20(2,3)19-14-16(13-15-9-5-4-6-10-15)17-11-7-8-12-18(17)21-19/h4-12,14,16H,13H2,1-3H3. The van der Waals surface area contributed by atoms with Crippen LogP contribution in [-0.2, 0) is 6.42 Å². The molecule has 1 heteroatoms. The molecule has 0 N–H and O–H groups in total. The molecule has 0 amide bonds. The molecule has 2 aromatic rings. The van der Waals surface area contributed by atoms with Gasteiger partial charge in [-0.15, -0.1) is 0 Å². The maximum atomic E-state index is 2.58. The minimum atomic E-state index is -0.204. The van der Waals surface area contributed by atoms with Crippen LogP contribution in [0.5, 0.6) is 0 Å². The van der Waals surface area contributed by atoms with Gasteiger partial charge in [0, 0.05) is 0 Å². The summed E-state index contributed by atoms with van der Waals surface area (Å²) < 4.78 is 3.34. The van der Waals surface area contributed by atoms with Crippen molar-refractivity contribution in [3.8, 4) is 0 Å². The molecule has 0 saturated carbocycles. The zero-order valence-electron chi connectivity index (χ0n) is 13.0. The Hall–Kier alpha value is -1.03. The van der Waals surface area contributed by atoms with E-state index < -0.39 is 0 Å². The molecule has 2 aromatic carbocycles.